The quantitative estimate of drug-likeness (QED) is 0.745. The molecular formula is C7H10ClNO2S. The van der Waals surface area contributed by atoms with E-state index in [1.54, 1.807) is 0 Å². The zero-order chi connectivity index (χ0) is 8.27. The molecule has 1 aromatic rings. The van der Waals surface area contributed by atoms with Gasteiger partial charge in [-0.25, -0.2) is 4.79 Å². The molecule has 0 saturated carbocycles. The highest BCUT2D eigenvalue weighted by molar-refractivity contribution is 7.10. The molecule has 2 N–H and O–H groups in total. The zero-order valence-corrected chi connectivity index (χ0v) is 8.15. The Morgan fingerprint density at radius 2 is 2.42 bits per heavy atom. The van der Waals surface area contributed by atoms with E-state index in [9.17, 15) is 4.79 Å². The first-order valence-electron chi connectivity index (χ1n) is 3.12. The molecule has 0 aromatic carbocycles. The van der Waals surface area contributed by atoms with Gasteiger partial charge in [-0.15, -0.1) is 23.7 Å². The largest absolute Gasteiger partial charge is 0.468 e. The van der Waals surface area contributed by atoms with Crippen molar-refractivity contribution in [2.24, 2.45) is 5.73 Å². The van der Waals surface area contributed by atoms with Crippen LogP contribution in [0.5, 0.6) is 0 Å². The molecule has 1 aromatic heterocycles. The highest BCUT2D eigenvalue weighted by atomic mass is 35.5. The van der Waals surface area contributed by atoms with E-state index in [1.165, 1.54) is 18.4 Å². The van der Waals surface area contributed by atoms with Crippen LogP contribution in [0, 0.1) is 0 Å². The van der Waals surface area contributed by atoms with Crippen LogP contribution in [-0.2, 0) is 9.53 Å². The lowest BCUT2D eigenvalue weighted by molar-refractivity contribution is -0.142. The van der Waals surface area contributed by atoms with Crippen molar-refractivity contribution < 1.29 is 9.53 Å². The second kappa shape index (κ2) is 5.13. The highest BCUT2D eigenvalue weighted by Gasteiger charge is 2.16. The summed E-state index contributed by atoms with van der Waals surface area (Å²) in [5.74, 6) is -0.396. The maximum absolute atomic E-state index is 10.9. The summed E-state index contributed by atoms with van der Waals surface area (Å²) in [6, 6.07) is 3.04. The molecule has 3 nitrogen and oxygen atoms in total. The highest BCUT2D eigenvalue weighted by Crippen LogP contribution is 2.17. The molecule has 0 radical (unpaired) electrons. The number of thiophene rings is 1. The molecule has 12 heavy (non-hydrogen) atoms. The van der Waals surface area contributed by atoms with E-state index < -0.39 is 12.0 Å². The van der Waals surface area contributed by atoms with Gasteiger partial charge in [-0.2, -0.15) is 0 Å². The number of nitrogens with two attached hydrogens (primary N) is 1. The van der Waals surface area contributed by atoms with Crippen molar-refractivity contribution >= 4 is 29.7 Å². The van der Waals surface area contributed by atoms with Crippen molar-refractivity contribution in [1.29, 1.82) is 0 Å². The Morgan fingerprint density at radius 1 is 1.75 bits per heavy atom. The third-order valence-corrected chi connectivity index (χ3v) is 2.26. The van der Waals surface area contributed by atoms with Gasteiger partial charge in [0, 0.05) is 4.88 Å². The SMILES string of the molecule is COC(=O)[C@H](N)c1cccs1.Cl. The predicted molar refractivity (Wildman–Crippen MR) is 50.5 cm³/mol. The Balaban J connectivity index is 0.00000121. The summed E-state index contributed by atoms with van der Waals surface area (Å²) in [5, 5.41) is 1.87. The number of methoxy groups -OCH3 is 1. The summed E-state index contributed by atoms with van der Waals surface area (Å²) < 4.78 is 4.48. The lowest BCUT2D eigenvalue weighted by atomic mass is 10.3. The van der Waals surface area contributed by atoms with Crippen molar-refractivity contribution in [2.75, 3.05) is 7.11 Å². The van der Waals surface area contributed by atoms with Crippen LogP contribution in [0.15, 0.2) is 17.5 Å². The van der Waals surface area contributed by atoms with Crippen LogP contribution in [0.1, 0.15) is 10.9 Å². The third kappa shape index (κ3) is 2.48. The minimum absolute atomic E-state index is 0. The number of carbonyl (C=O) groups excluding carboxylic acids is 1. The van der Waals surface area contributed by atoms with Crippen molar-refractivity contribution in [3.8, 4) is 0 Å². The Kier molecular flexibility index (Phi) is 4.89. The van der Waals surface area contributed by atoms with Gasteiger partial charge in [-0.1, -0.05) is 6.07 Å². The van der Waals surface area contributed by atoms with E-state index in [4.69, 9.17) is 5.73 Å². The molecular weight excluding hydrogens is 198 g/mol. The molecule has 68 valence electrons. The monoisotopic (exact) mass is 207 g/mol. The Morgan fingerprint density at radius 3 is 2.83 bits per heavy atom. The van der Waals surface area contributed by atoms with Crippen LogP contribution in [0.3, 0.4) is 0 Å². The fourth-order valence-corrected chi connectivity index (χ4v) is 1.43. The molecule has 0 spiro atoms. The van der Waals surface area contributed by atoms with Crippen molar-refractivity contribution in [3.05, 3.63) is 22.4 Å². The van der Waals surface area contributed by atoms with Gasteiger partial charge in [0.2, 0.25) is 0 Å². The van der Waals surface area contributed by atoms with Crippen molar-refractivity contribution in [3.63, 3.8) is 0 Å². The number of esters is 1. The summed E-state index contributed by atoms with van der Waals surface area (Å²) in [4.78, 5) is 11.7. The van der Waals surface area contributed by atoms with Crippen LogP contribution < -0.4 is 5.73 Å². The number of hydrogen-bond donors (Lipinski definition) is 1. The summed E-state index contributed by atoms with van der Waals surface area (Å²) in [6.07, 6.45) is 0. The Bertz CT molecular complexity index is 238. The number of halogens is 1. The van der Waals surface area contributed by atoms with E-state index in [0.29, 0.717) is 0 Å². The smallest absolute Gasteiger partial charge is 0.328 e. The first-order valence-corrected chi connectivity index (χ1v) is 4.00. The maximum atomic E-state index is 10.9. The van der Waals surface area contributed by atoms with E-state index in [1.807, 2.05) is 17.5 Å². The molecule has 0 bridgehead atoms. The first-order chi connectivity index (χ1) is 5.25. The Labute approximate surface area is 80.9 Å². The van der Waals surface area contributed by atoms with Crippen molar-refractivity contribution in [1.82, 2.24) is 0 Å². The van der Waals surface area contributed by atoms with Crippen LogP contribution in [-0.4, -0.2) is 13.1 Å². The summed E-state index contributed by atoms with van der Waals surface area (Å²) in [6.45, 7) is 0. The molecule has 5 heteroatoms. The van der Waals surface area contributed by atoms with E-state index in [-0.39, 0.29) is 12.4 Å². The van der Waals surface area contributed by atoms with Gasteiger partial charge in [0.05, 0.1) is 7.11 Å². The molecule has 1 rings (SSSR count). The van der Waals surface area contributed by atoms with Crippen LogP contribution in [0.25, 0.3) is 0 Å². The molecule has 0 aliphatic heterocycles. The van der Waals surface area contributed by atoms with Gasteiger partial charge < -0.3 is 10.5 Å². The molecule has 0 fully saturated rings. The number of rotatable bonds is 2. The fraction of sp³-hybridized carbons (Fsp3) is 0.286. The van der Waals surface area contributed by atoms with Crippen LogP contribution in [0.4, 0.5) is 0 Å². The van der Waals surface area contributed by atoms with Crippen LogP contribution in [0.2, 0.25) is 0 Å². The predicted octanol–water partition coefficient (Wildman–Crippen LogP) is 1.34. The molecule has 1 heterocycles. The summed E-state index contributed by atoms with van der Waals surface area (Å²) >= 11 is 1.45. The van der Waals surface area contributed by atoms with Gasteiger partial charge >= 0.3 is 5.97 Å². The van der Waals surface area contributed by atoms with Gasteiger partial charge in [0.1, 0.15) is 6.04 Å². The minimum atomic E-state index is -0.625. The zero-order valence-electron chi connectivity index (χ0n) is 6.52. The van der Waals surface area contributed by atoms with Gasteiger partial charge in [0.25, 0.3) is 0 Å². The van der Waals surface area contributed by atoms with E-state index in [2.05, 4.69) is 4.74 Å². The number of ether oxygens (including phenoxy) is 1. The average molecular weight is 208 g/mol. The molecule has 0 amide bonds. The van der Waals surface area contributed by atoms with E-state index in [0.717, 1.165) is 4.88 Å². The standard InChI is InChI=1S/C7H9NO2S.ClH/c1-10-7(9)6(8)5-3-2-4-11-5;/h2-4,6H,8H2,1H3;1H/t6-;/m1./s1. The van der Waals surface area contributed by atoms with E-state index >= 15 is 0 Å². The fourth-order valence-electron chi connectivity index (χ4n) is 0.711. The Hall–Kier alpha value is -0.580. The molecule has 0 unspecified atom stereocenters. The number of carbonyl (C=O) groups is 1. The summed E-state index contributed by atoms with van der Waals surface area (Å²) in [5.41, 5.74) is 5.53. The molecule has 1 atom stereocenters. The van der Waals surface area contributed by atoms with Crippen molar-refractivity contribution in [2.45, 2.75) is 6.04 Å². The maximum Gasteiger partial charge on any atom is 0.328 e. The number of hydrogen-bond acceptors (Lipinski definition) is 4. The molecule has 0 aliphatic carbocycles. The third-order valence-electron chi connectivity index (χ3n) is 1.30. The topological polar surface area (TPSA) is 52.3 Å². The lowest BCUT2D eigenvalue weighted by Crippen LogP contribution is -2.21. The first kappa shape index (κ1) is 11.4. The normalized spacial score (nSPS) is 11.5. The van der Waals surface area contributed by atoms with Gasteiger partial charge in [0.15, 0.2) is 0 Å². The average Bonchev–Trinajstić information content (AvgIpc) is 2.53. The summed E-state index contributed by atoms with van der Waals surface area (Å²) in [7, 11) is 1.33. The molecule has 0 saturated heterocycles. The minimum Gasteiger partial charge on any atom is -0.468 e. The van der Waals surface area contributed by atoms with Gasteiger partial charge in [-0.3, -0.25) is 0 Å². The molecule has 0 aliphatic rings. The second-order valence-electron chi connectivity index (χ2n) is 2.02. The lowest BCUT2D eigenvalue weighted by Gasteiger charge is -2.05. The van der Waals surface area contributed by atoms with Gasteiger partial charge in [-0.05, 0) is 11.4 Å². The van der Waals surface area contributed by atoms with Crippen LogP contribution >= 0.6 is 23.7 Å². The second-order valence-corrected chi connectivity index (χ2v) is 3.00.